The normalized spacial score (nSPS) is 16.8. The van der Waals surface area contributed by atoms with E-state index in [1.165, 1.54) is 10.6 Å². The predicted octanol–water partition coefficient (Wildman–Crippen LogP) is 2.18. The van der Waals surface area contributed by atoms with Crippen LogP contribution in [0.5, 0.6) is 5.88 Å². The Bertz CT molecular complexity index is 867. The Kier molecular flexibility index (Phi) is 5.29. The van der Waals surface area contributed by atoms with Crippen molar-refractivity contribution in [1.82, 2.24) is 19.4 Å². The third-order valence-electron chi connectivity index (χ3n) is 4.88. The van der Waals surface area contributed by atoms with Crippen molar-refractivity contribution in [2.45, 2.75) is 45.4 Å². The minimum atomic E-state index is -3.57. The van der Waals surface area contributed by atoms with Crippen LogP contribution in [-0.4, -0.2) is 47.5 Å². The first-order valence-corrected chi connectivity index (χ1v) is 10.1. The lowest BCUT2D eigenvalue weighted by Gasteiger charge is -2.31. The van der Waals surface area contributed by atoms with E-state index in [4.69, 9.17) is 9.26 Å². The first-order valence-electron chi connectivity index (χ1n) is 8.64. The van der Waals surface area contributed by atoms with E-state index in [1.54, 1.807) is 13.8 Å². The van der Waals surface area contributed by atoms with Gasteiger partial charge in [0.15, 0.2) is 5.76 Å². The summed E-state index contributed by atoms with van der Waals surface area (Å²) in [6.45, 7) is 8.57. The van der Waals surface area contributed by atoms with Gasteiger partial charge in [-0.2, -0.15) is 4.31 Å². The van der Waals surface area contributed by atoms with Crippen LogP contribution >= 0.6 is 0 Å². The molecule has 0 aromatic carbocycles. The fourth-order valence-electron chi connectivity index (χ4n) is 3.15. The highest BCUT2D eigenvalue weighted by molar-refractivity contribution is 7.89. The van der Waals surface area contributed by atoms with E-state index in [9.17, 15) is 8.42 Å². The second-order valence-corrected chi connectivity index (χ2v) is 8.58. The predicted molar refractivity (Wildman–Crippen MR) is 94.5 cm³/mol. The van der Waals surface area contributed by atoms with E-state index in [2.05, 4.69) is 15.1 Å². The second kappa shape index (κ2) is 7.32. The molecule has 0 atom stereocenters. The summed E-state index contributed by atoms with van der Waals surface area (Å²) in [6.07, 6.45) is 2.98. The van der Waals surface area contributed by atoms with Gasteiger partial charge in [-0.3, -0.25) is 0 Å². The lowest BCUT2D eigenvalue weighted by molar-refractivity contribution is 0.180. The number of nitrogens with zero attached hydrogens (tertiary/aromatic N) is 4. The molecule has 1 aliphatic rings. The zero-order valence-electron chi connectivity index (χ0n) is 15.5. The number of hydrogen-bond donors (Lipinski definition) is 0. The van der Waals surface area contributed by atoms with Gasteiger partial charge in [0.2, 0.25) is 15.9 Å². The van der Waals surface area contributed by atoms with Crippen LogP contribution in [0, 0.1) is 33.6 Å². The molecule has 1 aliphatic heterocycles. The Hall–Kier alpha value is -2.00. The maximum absolute atomic E-state index is 12.8. The van der Waals surface area contributed by atoms with E-state index >= 15 is 0 Å². The summed E-state index contributed by atoms with van der Waals surface area (Å²) in [7, 11) is -3.57. The van der Waals surface area contributed by atoms with Gasteiger partial charge in [-0.1, -0.05) is 5.16 Å². The quantitative estimate of drug-likeness (QED) is 0.784. The highest BCUT2D eigenvalue weighted by Gasteiger charge is 2.33. The van der Waals surface area contributed by atoms with Crippen molar-refractivity contribution >= 4 is 10.0 Å². The minimum Gasteiger partial charge on any atom is -0.477 e. The highest BCUT2D eigenvalue weighted by Crippen LogP contribution is 2.28. The van der Waals surface area contributed by atoms with Crippen LogP contribution < -0.4 is 4.74 Å². The fourth-order valence-corrected chi connectivity index (χ4v) is 4.91. The zero-order valence-corrected chi connectivity index (χ0v) is 16.3. The van der Waals surface area contributed by atoms with Gasteiger partial charge < -0.3 is 9.26 Å². The number of sulfonamides is 1. The van der Waals surface area contributed by atoms with Gasteiger partial charge in [0.1, 0.15) is 16.9 Å². The maximum atomic E-state index is 12.8. The average Bonchev–Trinajstić information content (AvgIpc) is 2.96. The van der Waals surface area contributed by atoms with Gasteiger partial charge in [0.05, 0.1) is 6.61 Å². The molecule has 0 bridgehead atoms. The molecule has 2 aromatic rings. The molecule has 3 heterocycles. The van der Waals surface area contributed by atoms with Gasteiger partial charge in [-0.05, 0) is 46.5 Å². The lowest BCUT2D eigenvalue weighted by Crippen LogP contribution is -2.40. The maximum Gasteiger partial charge on any atom is 0.248 e. The van der Waals surface area contributed by atoms with Crippen LogP contribution in [0.3, 0.4) is 0 Å². The molecule has 3 rings (SSSR count). The highest BCUT2D eigenvalue weighted by atomic mass is 32.2. The average molecular weight is 380 g/mol. The molecule has 26 heavy (non-hydrogen) atoms. The molecule has 1 fully saturated rings. The van der Waals surface area contributed by atoms with Crippen LogP contribution in [0.2, 0.25) is 0 Å². The van der Waals surface area contributed by atoms with Crippen molar-refractivity contribution in [3.05, 3.63) is 29.0 Å². The summed E-state index contributed by atoms with van der Waals surface area (Å²) in [5, 5.41) is 3.76. The summed E-state index contributed by atoms with van der Waals surface area (Å²) in [6, 6.07) is 0. The van der Waals surface area contributed by atoms with Crippen molar-refractivity contribution in [2.75, 3.05) is 19.7 Å². The summed E-state index contributed by atoms with van der Waals surface area (Å²) in [5.41, 5.74) is 2.24. The third kappa shape index (κ3) is 3.59. The van der Waals surface area contributed by atoms with Gasteiger partial charge in [-0.25, -0.2) is 18.4 Å². The summed E-state index contributed by atoms with van der Waals surface area (Å²) < 4.78 is 38.0. The van der Waals surface area contributed by atoms with E-state index in [0.29, 0.717) is 42.9 Å². The zero-order chi connectivity index (χ0) is 18.9. The van der Waals surface area contributed by atoms with Crippen LogP contribution in [0.1, 0.15) is 35.6 Å². The molecule has 0 spiro atoms. The van der Waals surface area contributed by atoms with Crippen LogP contribution in [-0.2, 0) is 10.0 Å². The second-order valence-electron chi connectivity index (χ2n) is 6.70. The molecular formula is C17H24N4O4S. The topological polar surface area (TPSA) is 98.4 Å². The molecule has 1 saturated heterocycles. The smallest absolute Gasteiger partial charge is 0.248 e. The summed E-state index contributed by atoms with van der Waals surface area (Å²) in [5.74, 6) is 1.23. The largest absolute Gasteiger partial charge is 0.477 e. The van der Waals surface area contributed by atoms with Gasteiger partial charge >= 0.3 is 0 Å². The third-order valence-corrected chi connectivity index (χ3v) is 7.03. The first kappa shape index (κ1) is 18.8. The van der Waals surface area contributed by atoms with E-state index in [-0.39, 0.29) is 4.90 Å². The van der Waals surface area contributed by atoms with Gasteiger partial charge in [0.25, 0.3) is 0 Å². The van der Waals surface area contributed by atoms with Gasteiger partial charge in [-0.15, -0.1) is 0 Å². The van der Waals surface area contributed by atoms with Crippen molar-refractivity contribution in [1.29, 1.82) is 0 Å². The molecule has 2 aromatic heterocycles. The molecule has 0 saturated carbocycles. The van der Waals surface area contributed by atoms with Gasteiger partial charge in [0, 0.05) is 24.3 Å². The molecule has 142 valence electrons. The van der Waals surface area contributed by atoms with Crippen molar-refractivity contribution in [3.8, 4) is 5.88 Å². The molecule has 9 heteroatoms. The minimum absolute atomic E-state index is 0.194. The van der Waals surface area contributed by atoms with Crippen molar-refractivity contribution in [3.63, 3.8) is 0 Å². The number of hydrogen-bond acceptors (Lipinski definition) is 7. The first-order chi connectivity index (χ1) is 12.3. The SMILES string of the molecule is Cc1ncnc(OCC2CCN(S(=O)(=O)c3c(C)noc3C)CC2)c1C. The number of rotatable bonds is 5. The van der Waals surface area contributed by atoms with Crippen LogP contribution in [0.15, 0.2) is 15.7 Å². The van der Waals surface area contributed by atoms with E-state index in [0.717, 1.165) is 24.1 Å². The Labute approximate surface area is 153 Å². The molecule has 0 N–H and O–H groups in total. The molecule has 0 radical (unpaired) electrons. The number of piperidine rings is 1. The molecule has 0 unspecified atom stereocenters. The van der Waals surface area contributed by atoms with Crippen molar-refractivity contribution in [2.24, 2.45) is 5.92 Å². The van der Waals surface area contributed by atoms with E-state index in [1.807, 2.05) is 13.8 Å². The molecule has 8 nitrogen and oxygen atoms in total. The molecule has 0 amide bonds. The fraction of sp³-hybridized carbons (Fsp3) is 0.588. The summed E-state index contributed by atoms with van der Waals surface area (Å²) >= 11 is 0. The standard InChI is InChI=1S/C17H24N4O4S/c1-11-12(2)18-10-19-17(11)24-9-15-5-7-21(8-6-15)26(22,23)16-13(3)20-25-14(16)4/h10,15H,5-9H2,1-4H3. The van der Waals surface area contributed by atoms with E-state index < -0.39 is 10.0 Å². The Morgan fingerprint density at radius 3 is 2.46 bits per heavy atom. The number of aryl methyl sites for hydroxylation is 3. The Morgan fingerprint density at radius 2 is 1.85 bits per heavy atom. The monoisotopic (exact) mass is 380 g/mol. The number of ether oxygens (including phenoxy) is 1. The molecule has 0 aliphatic carbocycles. The van der Waals surface area contributed by atoms with Crippen molar-refractivity contribution < 1.29 is 17.7 Å². The van der Waals surface area contributed by atoms with Crippen LogP contribution in [0.25, 0.3) is 0 Å². The number of aromatic nitrogens is 3. The Balaban J connectivity index is 1.60. The lowest BCUT2D eigenvalue weighted by atomic mass is 9.99. The summed E-state index contributed by atoms with van der Waals surface area (Å²) in [4.78, 5) is 8.50. The van der Waals surface area contributed by atoms with Crippen LogP contribution in [0.4, 0.5) is 0 Å². The molecular weight excluding hydrogens is 356 g/mol. The Morgan fingerprint density at radius 1 is 1.15 bits per heavy atom.